The van der Waals surface area contributed by atoms with Crippen molar-refractivity contribution in [1.29, 1.82) is 0 Å². The van der Waals surface area contributed by atoms with Gasteiger partial charge in [0.05, 0.1) is 0 Å². The molecule has 2 aliphatic rings. The van der Waals surface area contributed by atoms with Gasteiger partial charge >= 0.3 is 31.3 Å². The molecular formula is C23H22F6O6S2. The fourth-order valence-electron chi connectivity index (χ4n) is 5.76. The monoisotopic (exact) mass is 572 g/mol. The summed E-state index contributed by atoms with van der Waals surface area (Å²) in [5.74, 6) is -1.15. The van der Waals surface area contributed by atoms with Crippen LogP contribution < -0.4 is 8.37 Å². The zero-order valence-electron chi connectivity index (χ0n) is 19.9. The van der Waals surface area contributed by atoms with Crippen LogP contribution in [0, 0.1) is 0 Å². The van der Waals surface area contributed by atoms with E-state index in [1.807, 2.05) is 27.7 Å². The van der Waals surface area contributed by atoms with E-state index in [0.29, 0.717) is 35.1 Å². The summed E-state index contributed by atoms with van der Waals surface area (Å²) in [5.41, 5.74) is -11.2. The first-order valence-electron chi connectivity index (χ1n) is 10.8. The minimum absolute atomic E-state index is 0.358. The van der Waals surface area contributed by atoms with E-state index in [1.54, 1.807) is 0 Å². The van der Waals surface area contributed by atoms with Crippen LogP contribution >= 0.6 is 0 Å². The fraction of sp³-hybridized carbons (Fsp3) is 0.478. The largest absolute Gasteiger partial charge is 0.534 e. The van der Waals surface area contributed by atoms with Crippen LogP contribution in [-0.2, 0) is 36.5 Å². The molecular weight excluding hydrogens is 550 g/mol. The SMILES string of the molecule is CC1(C)CC2(CC(C)(C)c3ccc(OS(=O)(=O)C(F)(F)F)cc32)c2cc(OS(=O)(=O)C(F)(F)F)ccc21. The van der Waals surface area contributed by atoms with Crippen LogP contribution in [0.3, 0.4) is 0 Å². The van der Waals surface area contributed by atoms with E-state index in [2.05, 4.69) is 8.37 Å². The van der Waals surface area contributed by atoms with E-state index in [-0.39, 0.29) is 0 Å². The second kappa shape index (κ2) is 7.78. The smallest absolute Gasteiger partial charge is 0.376 e. The summed E-state index contributed by atoms with van der Waals surface area (Å²) in [6.45, 7) is 7.47. The Balaban J connectivity index is 1.90. The van der Waals surface area contributed by atoms with Crippen molar-refractivity contribution in [2.45, 2.75) is 67.8 Å². The third kappa shape index (κ3) is 4.35. The van der Waals surface area contributed by atoms with Gasteiger partial charge in [0.25, 0.3) is 0 Å². The first-order valence-corrected chi connectivity index (χ1v) is 13.7. The van der Waals surface area contributed by atoms with E-state index in [4.69, 9.17) is 0 Å². The van der Waals surface area contributed by atoms with Crippen LogP contribution in [0.4, 0.5) is 26.3 Å². The van der Waals surface area contributed by atoms with Gasteiger partial charge in [0.2, 0.25) is 0 Å². The number of rotatable bonds is 4. The number of hydrogen-bond donors (Lipinski definition) is 0. The molecule has 0 fully saturated rings. The molecule has 0 atom stereocenters. The third-order valence-electron chi connectivity index (χ3n) is 6.94. The van der Waals surface area contributed by atoms with Crippen molar-refractivity contribution in [3.8, 4) is 11.5 Å². The summed E-state index contributed by atoms with van der Waals surface area (Å²) in [4.78, 5) is 0. The van der Waals surface area contributed by atoms with Gasteiger partial charge in [-0.05, 0) is 70.2 Å². The zero-order valence-corrected chi connectivity index (χ0v) is 21.5. The van der Waals surface area contributed by atoms with Gasteiger partial charge in [0, 0.05) is 5.41 Å². The number of hydrogen-bond acceptors (Lipinski definition) is 6. The Labute approximate surface area is 209 Å². The van der Waals surface area contributed by atoms with Crippen LogP contribution in [0.5, 0.6) is 11.5 Å². The Bertz CT molecular complexity index is 1380. The molecule has 0 N–H and O–H groups in total. The van der Waals surface area contributed by atoms with Crippen LogP contribution in [-0.4, -0.2) is 27.9 Å². The Morgan fingerprint density at radius 3 is 1.24 bits per heavy atom. The summed E-state index contributed by atoms with van der Waals surface area (Å²) < 4.78 is 133. The average Bonchev–Trinajstić information content (AvgIpc) is 3.05. The van der Waals surface area contributed by atoms with Gasteiger partial charge in [-0.25, -0.2) is 0 Å². The lowest BCUT2D eigenvalue weighted by molar-refractivity contribution is -0.0504. The lowest BCUT2D eigenvalue weighted by atomic mass is 9.72. The Morgan fingerprint density at radius 1 is 0.622 bits per heavy atom. The average molecular weight is 573 g/mol. The lowest BCUT2D eigenvalue weighted by Gasteiger charge is -2.30. The van der Waals surface area contributed by atoms with Crippen molar-refractivity contribution < 1.29 is 51.5 Å². The first kappa shape index (κ1) is 27.6. The summed E-state index contributed by atoms with van der Waals surface area (Å²) in [6, 6.07) is 7.53. The summed E-state index contributed by atoms with van der Waals surface area (Å²) in [7, 11) is -11.9. The number of alkyl halides is 6. The second-order valence-corrected chi connectivity index (χ2v) is 13.7. The Hall–Kier alpha value is -2.48. The maximum absolute atomic E-state index is 12.9. The maximum atomic E-state index is 12.9. The normalized spacial score (nSPS) is 19.9. The molecule has 0 bridgehead atoms. The molecule has 0 aromatic heterocycles. The quantitative estimate of drug-likeness (QED) is 0.262. The second-order valence-electron chi connectivity index (χ2n) is 10.6. The third-order valence-corrected chi connectivity index (χ3v) is 8.90. The van der Waals surface area contributed by atoms with Gasteiger partial charge in [-0.15, -0.1) is 0 Å². The molecule has 204 valence electrons. The molecule has 4 rings (SSSR count). The molecule has 0 unspecified atom stereocenters. The standard InChI is InChI=1S/C23H22F6O6S2/c1-19(2)11-21(17-9-13(5-7-15(17)19)34-36(30,31)22(24,25)26)12-20(3,4)16-8-6-14(10-18(16)21)35-37(32,33)23(27,28)29/h5-10H,11-12H2,1-4H3. The number of halogens is 6. The highest BCUT2D eigenvalue weighted by atomic mass is 32.2. The van der Waals surface area contributed by atoms with Crippen molar-refractivity contribution in [3.63, 3.8) is 0 Å². The van der Waals surface area contributed by atoms with Crippen molar-refractivity contribution in [1.82, 2.24) is 0 Å². The fourth-order valence-corrected chi connectivity index (χ4v) is 6.66. The van der Waals surface area contributed by atoms with Gasteiger partial charge < -0.3 is 8.37 Å². The van der Waals surface area contributed by atoms with Crippen LogP contribution in [0.15, 0.2) is 36.4 Å². The van der Waals surface area contributed by atoms with Crippen molar-refractivity contribution in [3.05, 3.63) is 58.7 Å². The molecule has 2 aliphatic carbocycles. The van der Waals surface area contributed by atoms with Gasteiger partial charge in [0.15, 0.2) is 0 Å². The highest BCUT2D eigenvalue weighted by Gasteiger charge is 2.57. The minimum atomic E-state index is -5.95. The number of benzene rings is 2. The summed E-state index contributed by atoms with van der Waals surface area (Å²) in [5, 5.41) is 0. The highest BCUT2D eigenvalue weighted by Crippen LogP contribution is 2.63. The van der Waals surface area contributed by atoms with E-state index in [0.717, 1.165) is 12.1 Å². The molecule has 2 aromatic carbocycles. The Kier molecular flexibility index (Phi) is 5.79. The predicted molar refractivity (Wildman–Crippen MR) is 120 cm³/mol. The van der Waals surface area contributed by atoms with Crippen LogP contribution in [0.25, 0.3) is 0 Å². The lowest BCUT2D eigenvalue weighted by Crippen LogP contribution is -2.29. The zero-order chi connectivity index (χ0) is 28.0. The molecule has 0 heterocycles. The van der Waals surface area contributed by atoms with Crippen molar-refractivity contribution >= 4 is 20.2 Å². The molecule has 6 nitrogen and oxygen atoms in total. The van der Waals surface area contributed by atoms with Gasteiger partial charge in [-0.2, -0.15) is 43.2 Å². The van der Waals surface area contributed by atoms with Crippen LogP contribution in [0.1, 0.15) is 62.8 Å². The Morgan fingerprint density at radius 2 is 0.946 bits per heavy atom. The molecule has 0 radical (unpaired) electrons. The first-order chi connectivity index (χ1) is 16.5. The number of fused-ring (bicyclic) bond motifs is 4. The highest BCUT2D eigenvalue weighted by molar-refractivity contribution is 7.88. The minimum Gasteiger partial charge on any atom is -0.376 e. The van der Waals surface area contributed by atoms with E-state index in [1.165, 1.54) is 24.3 Å². The molecule has 0 aliphatic heterocycles. The van der Waals surface area contributed by atoms with Crippen molar-refractivity contribution in [2.24, 2.45) is 0 Å². The molecule has 0 saturated heterocycles. The van der Waals surface area contributed by atoms with E-state index in [9.17, 15) is 43.2 Å². The molecule has 37 heavy (non-hydrogen) atoms. The van der Waals surface area contributed by atoms with Crippen molar-refractivity contribution in [2.75, 3.05) is 0 Å². The topological polar surface area (TPSA) is 86.7 Å². The maximum Gasteiger partial charge on any atom is 0.534 e. The molecule has 1 spiro atoms. The molecule has 0 saturated carbocycles. The van der Waals surface area contributed by atoms with E-state index >= 15 is 0 Å². The molecule has 14 heteroatoms. The summed E-state index contributed by atoms with van der Waals surface area (Å²) >= 11 is 0. The van der Waals surface area contributed by atoms with E-state index < -0.39 is 59.0 Å². The van der Waals surface area contributed by atoms with Gasteiger partial charge in [0.1, 0.15) is 11.5 Å². The molecule has 2 aromatic rings. The summed E-state index contributed by atoms with van der Waals surface area (Å²) in [6.07, 6.45) is 0.716. The molecule has 0 amide bonds. The predicted octanol–water partition coefficient (Wildman–Crippen LogP) is 5.79. The van der Waals surface area contributed by atoms with Gasteiger partial charge in [-0.1, -0.05) is 39.8 Å². The van der Waals surface area contributed by atoms with Gasteiger partial charge in [-0.3, -0.25) is 0 Å². The van der Waals surface area contributed by atoms with Crippen LogP contribution in [0.2, 0.25) is 0 Å².